The van der Waals surface area contributed by atoms with E-state index in [1.807, 2.05) is 12.1 Å². The molecule has 3 heterocycles. The normalized spacial score (nSPS) is 25.9. The third kappa shape index (κ3) is 5.24. The van der Waals surface area contributed by atoms with Crippen LogP contribution >= 0.6 is 0 Å². The molecule has 3 aliphatic rings. The van der Waals surface area contributed by atoms with E-state index in [-0.39, 0.29) is 6.10 Å². The molecule has 2 N–H and O–H groups in total. The zero-order valence-corrected chi connectivity index (χ0v) is 16.0. The zero-order chi connectivity index (χ0) is 18.4. The molecule has 0 radical (unpaired) electrons. The molecule has 27 heavy (non-hydrogen) atoms. The van der Waals surface area contributed by atoms with Gasteiger partial charge in [-0.25, -0.2) is 0 Å². The number of furan rings is 1. The molecule has 7 heteroatoms. The number of aliphatic imine (C=N–C) groups is 1. The van der Waals surface area contributed by atoms with Crippen LogP contribution in [-0.2, 0) is 20.6 Å². The Morgan fingerprint density at radius 2 is 2.07 bits per heavy atom. The summed E-state index contributed by atoms with van der Waals surface area (Å²) in [5, 5.41) is 7.03. The lowest BCUT2D eigenvalue weighted by molar-refractivity contribution is -0.210. The maximum Gasteiger partial charge on any atom is 0.191 e. The Kier molecular flexibility index (Phi) is 6.32. The van der Waals surface area contributed by atoms with E-state index in [0.29, 0.717) is 32.4 Å². The Hall–Kier alpha value is -1.57. The molecule has 1 saturated carbocycles. The number of ether oxygens (including phenoxy) is 3. The van der Waals surface area contributed by atoms with Crippen molar-refractivity contribution < 1.29 is 18.6 Å². The quantitative estimate of drug-likeness (QED) is 0.585. The lowest BCUT2D eigenvalue weighted by Crippen LogP contribution is -2.43. The maximum absolute atomic E-state index is 6.19. The van der Waals surface area contributed by atoms with Gasteiger partial charge < -0.3 is 29.3 Å². The fourth-order valence-corrected chi connectivity index (χ4v) is 4.02. The van der Waals surface area contributed by atoms with Crippen LogP contribution in [0.5, 0.6) is 0 Å². The molecule has 4 rings (SSSR count). The Morgan fingerprint density at radius 3 is 2.85 bits per heavy atom. The molecule has 1 aromatic rings. The Bertz CT molecular complexity index is 592. The van der Waals surface area contributed by atoms with E-state index in [1.54, 1.807) is 6.26 Å². The zero-order valence-electron chi connectivity index (χ0n) is 16.0. The van der Waals surface area contributed by atoms with Gasteiger partial charge in [-0.2, -0.15) is 0 Å². The van der Waals surface area contributed by atoms with Gasteiger partial charge in [-0.05, 0) is 25.0 Å². The second-order valence-electron chi connectivity index (χ2n) is 7.65. The molecular formula is C20H31N3O4. The minimum Gasteiger partial charge on any atom is -0.469 e. The number of hydrogen-bond acceptors (Lipinski definition) is 5. The van der Waals surface area contributed by atoms with Crippen molar-refractivity contribution in [2.45, 2.75) is 62.9 Å². The first kappa shape index (κ1) is 18.8. The first-order valence-corrected chi connectivity index (χ1v) is 10.3. The van der Waals surface area contributed by atoms with Crippen molar-refractivity contribution >= 4 is 5.96 Å². The van der Waals surface area contributed by atoms with E-state index in [9.17, 15) is 0 Å². The van der Waals surface area contributed by atoms with Crippen LogP contribution in [0.25, 0.3) is 0 Å². The van der Waals surface area contributed by atoms with Crippen molar-refractivity contribution in [1.29, 1.82) is 0 Å². The number of nitrogens with one attached hydrogen (secondary N) is 2. The van der Waals surface area contributed by atoms with Gasteiger partial charge in [0.15, 0.2) is 11.7 Å². The SMILES string of the molecule is c1coc(CCNC(=NCC2COC3(CCOCC3)O2)NC2CCCC2)c1. The van der Waals surface area contributed by atoms with E-state index in [4.69, 9.17) is 23.6 Å². The Labute approximate surface area is 160 Å². The number of nitrogens with zero attached hydrogens (tertiary/aromatic N) is 1. The molecule has 2 aliphatic heterocycles. The maximum atomic E-state index is 6.19. The second-order valence-corrected chi connectivity index (χ2v) is 7.65. The predicted molar refractivity (Wildman–Crippen MR) is 102 cm³/mol. The van der Waals surface area contributed by atoms with Gasteiger partial charge in [-0.15, -0.1) is 0 Å². The summed E-state index contributed by atoms with van der Waals surface area (Å²) in [4.78, 5) is 4.79. The minimum atomic E-state index is -0.440. The molecule has 1 unspecified atom stereocenters. The number of guanidine groups is 1. The van der Waals surface area contributed by atoms with Crippen molar-refractivity contribution in [2.24, 2.45) is 4.99 Å². The summed E-state index contributed by atoms with van der Waals surface area (Å²) in [6.07, 6.45) is 9.19. The monoisotopic (exact) mass is 377 g/mol. The van der Waals surface area contributed by atoms with Gasteiger partial charge in [0.25, 0.3) is 0 Å². The average Bonchev–Trinajstić information content (AvgIpc) is 3.44. The molecular weight excluding hydrogens is 346 g/mol. The summed E-state index contributed by atoms with van der Waals surface area (Å²) in [6, 6.07) is 4.44. The minimum absolute atomic E-state index is 0.00959. The number of hydrogen-bond donors (Lipinski definition) is 2. The van der Waals surface area contributed by atoms with E-state index in [1.165, 1.54) is 25.7 Å². The highest BCUT2D eigenvalue weighted by molar-refractivity contribution is 5.80. The largest absolute Gasteiger partial charge is 0.469 e. The standard InChI is InChI=1S/C20H31N3O4/c1-2-5-16(4-1)23-19(21-10-7-17-6-3-11-25-17)22-14-18-15-26-20(27-18)8-12-24-13-9-20/h3,6,11,16,18H,1-2,4-5,7-10,12-15H2,(H2,21,22,23). The van der Waals surface area contributed by atoms with Crippen LogP contribution in [0.1, 0.15) is 44.3 Å². The molecule has 7 nitrogen and oxygen atoms in total. The molecule has 3 fully saturated rings. The molecule has 1 spiro atoms. The molecule has 0 bridgehead atoms. The third-order valence-electron chi connectivity index (χ3n) is 5.56. The molecule has 1 aliphatic carbocycles. The molecule has 2 saturated heterocycles. The fourth-order valence-electron chi connectivity index (χ4n) is 4.02. The molecule has 0 amide bonds. The topological polar surface area (TPSA) is 77.3 Å². The first-order valence-electron chi connectivity index (χ1n) is 10.3. The van der Waals surface area contributed by atoms with Gasteiger partial charge in [0.2, 0.25) is 0 Å². The van der Waals surface area contributed by atoms with Gasteiger partial charge in [-0.3, -0.25) is 4.99 Å². The lowest BCUT2D eigenvalue weighted by atomic mass is 10.1. The molecule has 0 aromatic carbocycles. The first-order chi connectivity index (χ1) is 13.3. The summed E-state index contributed by atoms with van der Waals surface area (Å²) in [5.41, 5.74) is 0. The van der Waals surface area contributed by atoms with Crippen LogP contribution in [0.3, 0.4) is 0 Å². The second kappa shape index (κ2) is 9.08. The molecule has 150 valence electrons. The van der Waals surface area contributed by atoms with Gasteiger partial charge in [0.1, 0.15) is 11.9 Å². The van der Waals surface area contributed by atoms with Crippen LogP contribution in [0.15, 0.2) is 27.8 Å². The molecule has 1 atom stereocenters. The van der Waals surface area contributed by atoms with E-state index < -0.39 is 5.79 Å². The highest BCUT2D eigenvalue weighted by atomic mass is 16.7. The van der Waals surface area contributed by atoms with E-state index in [2.05, 4.69) is 10.6 Å². The van der Waals surface area contributed by atoms with Crippen LogP contribution in [0, 0.1) is 0 Å². The lowest BCUT2D eigenvalue weighted by Gasteiger charge is -2.31. The summed E-state index contributed by atoms with van der Waals surface area (Å²) in [5.74, 6) is 1.41. The third-order valence-corrected chi connectivity index (χ3v) is 5.56. The smallest absolute Gasteiger partial charge is 0.191 e. The average molecular weight is 377 g/mol. The summed E-state index contributed by atoms with van der Waals surface area (Å²) < 4.78 is 23.0. The van der Waals surface area contributed by atoms with Crippen molar-refractivity contribution in [3.05, 3.63) is 24.2 Å². The summed E-state index contributed by atoms with van der Waals surface area (Å²) in [6.45, 7) is 3.41. The van der Waals surface area contributed by atoms with Crippen LogP contribution in [0.4, 0.5) is 0 Å². The van der Waals surface area contributed by atoms with E-state index in [0.717, 1.165) is 37.5 Å². The summed E-state index contributed by atoms with van der Waals surface area (Å²) >= 11 is 0. The summed E-state index contributed by atoms with van der Waals surface area (Å²) in [7, 11) is 0. The van der Waals surface area contributed by atoms with E-state index >= 15 is 0 Å². The van der Waals surface area contributed by atoms with Crippen molar-refractivity contribution in [3.63, 3.8) is 0 Å². The van der Waals surface area contributed by atoms with Crippen LogP contribution in [-0.4, -0.2) is 56.8 Å². The fraction of sp³-hybridized carbons (Fsp3) is 0.750. The highest BCUT2D eigenvalue weighted by Crippen LogP contribution is 2.33. The van der Waals surface area contributed by atoms with Crippen LogP contribution < -0.4 is 10.6 Å². The highest BCUT2D eigenvalue weighted by Gasteiger charge is 2.42. The van der Waals surface area contributed by atoms with Crippen molar-refractivity contribution in [1.82, 2.24) is 10.6 Å². The predicted octanol–water partition coefficient (Wildman–Crippen LogP) is 2.22. The van der Waals surface area contributed by atoms with Crippen LogP contribution in [0.2, 0.25) is 0 Å². The van der Waals surface area contributed by atoms with Gasteiger partial charge >= 0.3 is 0 Å². The number of rotatable bonds is 6. The van der Waals surface area contributed by atoms with Crippen molar-refractivity contribution in [2.75, 3.05) is 32.9 Å². The Morgan fingerprint density at radius 1 is 1.22 bits per heavy atom. The molecule has 1 aromatic heterocycles. The van der Waals surface area contributed by atoms with Gasteiger partial charge in [0, 0.05) is 31.8 Å². The Balaban J connectivity index is 1.29. The van der Waals surface area contributed by atoms with Crippen molar-refractivity contribution in [3.8, 4) is 0 Å². The van der Waals surface area contributed by atoms with Gasteiger partial charge in [0.05, 0.1) is 32.6 Å². The van der Waals surface area contributed by atoms with Gasteiger partial charge in [-0.1, -0.05) is 12.8 Å².